The Hall–Kier alpha value is -2.77. The van der Waals surface area contributed by atoms with E-state index in [1.54, 1.807) is 40.8 Å². The van der Waals surface area contributed by atoms with Crippen molar-refractivity contribution in [3.05, 3.63) is 83.0 Å². The Morgan fingerprint density at radius 2 is 2.00 bits per heavy atom. The zero-order valence-electron chi connectivity index (χ0n) is 16.2. The highest BCUT2D eigenvalue weighted by Gasteiger charge is 2.18. The van der Waals surface area contributed by atoms with Crippen LogP contribution in [0.25, 0.3) is 0 Å². The van der Waals surface area contributed by atoms with Crippen LogP contribution < -0.4 is 9.04 Å². The van der Waals surface area contributed by atoms with Crippen LogP contribution in [0.1, 0.15) is 22.8 Å². The number of carboxylic acids is 1. The first kappa shape index (κ1) is 21.9. The van der Waals surface area contributed by atoms with E-state index in [0.717, 1.165) is 10.6 Å². The maximum absolute atomic E-state index is 13.9. The number of carbonyl (C=O) groups is 1. The molecule has 0 fully saturated rings. The largest absolute Gasteiger partial charge is 0.487 e. The minimum Gasteiger partial charge on any atom is -0.487 e. The summed E-state index contributed by atoms with van der Waals surface area (Å²) in [7, 11) is 0. The maximum atomic E-state index is 13.9. The van der Waals surface area contributed by atoms with Gasteiger partial charge in [0, 0.05) is 29.2 Å². The third-order valence-corrected chi connectivity index (χ3v) is 5.27. The molecule has 0 bridgehead atoms. The van der Waals surface area contributed by atoms with Crippen molar-refractivity contribution in [2.45, 2.75) is 24.7 Å². The van der Waals surface area contributed by atoms with Crippen molar-refractivity contribution >= 4 is 35.2 Å². The summed E-state index contributed by atoms with van der Waals surface area (Å²) in [5.74, 6) is -0.490. The predicted octanol–water partition coefficient (Wildman–Crippen LogP) is 5.88. The van der Waals surface area contributed by atoms with Crippen molar-refractivity contribution < 1.29 is 19.0 Å². The summed E-state index contributed by atoms with van der Waals surface area (Å²) in [5, 5.41) is 10.2. The van der Waals surface area contributed by atoms with Crippen molar-refractivity contribution in [2.75, 3.05) is 10.8 Å². The second kappa shape index (κ2) is 10.3. The number of aromatic carboxylic acids is 1. The molecule has 1 unspecified atom stereocenters. The smallest absolute Gasteiger partial charge is 0.335 e. The lowest BCUT2D eigenvalue weighted by Crippen LogP contribution is -2.23. The van der Waals surface area contributed by atoms with Gasteiger partial charge in [-0.15, -0.1) is 0 Å². The maximum Gasteiger partial charge on any atom is 0.335 e. The zero-order chi connectivity index (χ0) is 21.5. The molecule has 0 aliphatic heterocycles. The van der Waals surface area contributed by atoms with Gasteiger partial charge in [-0.2, -0.15) is 0 Å². The Bertz CT molecular complexity index is 987. The van der Waals surface area contributed by atoms with E-state index < -0.39 is 12.1 Å². The Kier molecular flexibility index (Phi) is 7.54. The normalized spacial score (nSPS) is 11.7. The van der Waals surface area contributed by atoms with Crippen LogP contribution in [0.5, 0.6) is 5.75 Å². The third kappa shape index (κ3) is 6.11. The minimum absolute atomic E-state index is 0.131. The molecule has 5 nitrogen and oxygen atoms in total. The lowest BCUT2D eigenvalue weighted by atomic mass is 10.1. The molecule has 1 aromatic heterocycles. The molecule has 2 aromatic carbocycles. The van der Waals surface area contributed by atoms with Crippen molar-refractivity contribution in [3.63, 3.8) is 0 Å². The van der Waals surface area contributed by atoms with Gasteiger partial charge in [0.25, 0.3) is 0 Å². The number of benzene rings is 2. The van der Waals surface area contributed by atoms with Crippen molar-refractivity contribution in [3.8, 4) is 5.75 Å². The molecule has 3 aromatic rings. The molecule has 1 N–H and O–H groups in total. The van der Waals surface area contributed by atoms with Gasteiger partial charge in [0.15, 0.2) is 0 Å². The molecule has 156 valence electrons. The van der Waals surface area contributed by atoms with Gasteiger partial charge in [0.2, 0.25) is 0 Å². The molecule has 1 atom stereocenters. The van der Waals surface area contributed by atoms with Crippen LogP contribution in [-0.2, 0) is 6.61 Å². The lowest BCUT2D eigenvalue weighted by Gasteiger charge is -2.26. The van der Waals surface area contributed by atoms with Crippen LogP contribution in [0.4, 0.5) is 10.1 Å². The van der Waals surface area contributed by atoms with Gasteiger partial charge in [-0.3, -0.25) is 0 Å². The van der Waals surface area contributed by atoms with Gasteiger partial charge in [-0.1, -0.05) is 29.8 Å². The van der Waals surface area contributed by atoms with Crippen molar-refractivity contribution in [1.82, 2.24) is 4.98 Å². The first-order valence-electron chi connectivity index (χ1n) is 9.17. The van der Waals surface area contributed by atoms with Crippen molar-refractivity contribution in [2.24, 2.45) is 0 Å². The molecule has 0 spiro atoms. The topological polar surface area (TPSA) is 62.7 Å². The highest BCUT2D eigenvalue weighted by molar-refractivity contribution is 8.00. The van der Waals surface area contributed by atoms with Crippen LogP contribution >= 0.6 is 23.5 Å². The van der Waals surface area contributed by atoms with Crippen LogP contribution in [0, 0.1) is 0 Å². The van der Waals surface area contributed by atoms with Gasteiger partial charge >= 0.3 is 5.97 Å². The number of pyridine rings is 1. The number of nitrogens with zero attached hydrogens (tertiary/aromatic N) is 2. The quantitative estimate of drug-likeness (QED) is 0.414. The summed E-state index contributed by atoms with van der Waals surface area (Å²) in [5.41, 5.74) is 1.67. The summed E-state index contributed by atoms with van der Waals surface area (Å²) in [6.07, 6.45) is 0.604. The number of halogens is 2. The first-order valence-corrected chi connectivity index (χ1v) is 10.3. The molecule has 0 aliphatic rings. The van der Waals surface area contributed by atoms with Gasteiger partial charge < -0.3 is 14.1 Å². The second-order valence-corrected chi connectivity index (χ2v) is 7.98. The molecule has 3 rings (SSSR count). The third-order valence-electron chi connectivity index (χ3n) is 4.04. The average molecular weight is 447 g/mol. The van der Waals surface area contributed by atoms with Gasteiger partial charge in [0.1, 0.15) is 23.6 Å². The second-order valence-electron chi connectivity index (χ2n) is 6.50. The molecule has 1 heterocycles. The molecular weight excluding hydrogens is 427 g/mol. The van der Waals surface area contributed by atoms with E-state index in [0.29, 0.717) is 16.5 Å². The SMILES string of the molecule is CC(F)CN(Sc1ccccn1)c1ccc(Cl)cc1OCc1ccc(C(=O)O)cc1. The fraction of sp³-hybridized carbons (Fsp3) is 0.182. The van der Waals surface area contributed by atoms with Crippen LogP contribution in [0.15, 0.2) is 71.9 Å². The van der Waals surface area contributed by atoms with Gasteiger partial charge in [0.05, 0.1) is 17.8 Å². The van der Waals surface area contributed by atoms with E-state index in [-0.39, 0.29) is 18.7 Å². The number of rotatable bonds is 9. The number of hydrogen-bond acceptors (Lipinski definition) is 5. The number of anilines is 1. The predicted molar refractivity (Wildman–Crippen MR) is 117 cm³/mol. The summed E-state index contributed by atoms with van der Waals surface area (Å²) in [4.78, 5) is 15.3. The highest BCUT2D eigenvalue weighted by Crippen LogP contribution is 2.37. The van der Waals surface area contributed by atoms with Crippen LogP contribution in [-0.4, -0.2) is 28.8 Å². The average Bonchev–Trinajstić information content (AvgIpc) is 2.72. The monoisotopic (exact) mass is 446 g/mol. The van der Waals surface area contributed by atoms with Crippen molar-refractivity contribution in [1.29, 1.82) is 0 Å². The molecule has 0 saturated heterocycles. The first-order chi connectivity index (χ1) is 14.4. The minimum atomic E-state index is -1.08. The van der Waals surface area contributed by atoms with E-state index in [2.05, 4.69) is 4.98 Å². The van der Waals surface area contributed by atoms with E-state index in [9.17, 15) is 9.18 Å². The fourth-order valence-corrected chi connectivity index (χ4v) is 3.81. The molecule has 30 heavy (non-hydrogen) atoms. The van der Waals surface area contributed by atoms with Crippen LogP contribution in [0.3, 0.4) is 0 Å². The Labute approximate surface area is 183 Å². The highest BCUT2D eigenvalue weighted by atomic mass is 35.5. The standard InChI is InChI=1S/C22H20ClFN2O3S/c1-15(24)13-26(30-21-4-2-3-11-25-21)19-10-9-18(23)12-20(19)29-14-16-5-7-17(8-6-16)22(27)28/h2-12,15H,13-14H2,1H3,(H,27,28). The molecule has 0 aliphatic carbocycles. The molecular formula is C22H20ClFN2O3S. The lowest BCUT2D eigenvalue weighted by molar-refractivity contribution is 0.0697. The fourth-order valence-electron chi connectivity index (χ4n) is 2.64. The summed E-state index contributed by atoms with van der Waals surface area (Å²) < 4.78 is 21.7. The summed E-state index contributed by atoms with van der Waals surface area (Å²) in [6, 6.07) is 17.1. The Morgan fingerprint density at radius 1 is 1.23 bits per heavy atom. The van der Waals surface area contributed by atoms with Gasteiger partial charge in [-0.05, 0) is 48.9 Å². The number of hydrogen-bond donors (Lipinski definition) is 1. The number of alkyl halides is 1. The summed E-state index contributed by atoms with van der Waals surface area (Å²) >= 11 is 7.48. The molecule has 8 heteroatoms. The number of carboxylic acid groups (broad SMARTS) is 1. The van der Waals surface area contributed by atoms with E-state index in [1.807, 2.05) is 18.2 Å². The van der Waals surface area contributed by atoms with Gasteiger partial charge in [-0.25, -0.2) is 14.2 Å². The summed E-state index contributed by atoms with van der Waals surface area (Å²) in [6.45, 7) is 1.83. The Balaban J connectivity index is 1.83. The molecule has 0 saturated carbocycles. The molecule has 0 amide bonds. The zero-order valence-corrected chi connectivity index (χ0v) is 17.7. The van der Waals surface area contributed by atoms with E-state index in [4.69, 9.17) is 21.4 Å². The Morgan fingerprint density at radius 3 is 2.63 bits per heavy atom. The van der Waals surface area contributed by atoms with Crippen LogP contribution in [0.2, 0.25) is 5.02 Å². The molecule has 0 radical (unpaired) electrons. The number of aromatic nitrogens is 1. The number of ether oxygens (including phenoxy) is 1. The van der Waals surface area contributed by atoms with E-state index >= 15 is 0 Å². The van der Waals surface area contributed by atoms with E-state index in [1.165, 1.54) is 31.0 Å².